The molecule has 1 aromatic heterocycles. The summed E-state index contributed by atoms with van der Waals surface area (Å²) < 4.78 is 0. The van der Waals surface area contributed by atoms with E-state index in [4.69, 9.17) is 0 Å². The van der Waals surface area contributed by atoms with Gasteiger partial charge in [0.25, 0.3) is 0 Å². The van der Waals surface area contributed by atoms with E-state index >= 15 is 0 Å². The second kappa shape index (κ2) is 7.01. The van der Waals surface area contributed by atoms with Crippen molar-refractivity contribution in [2.75, 3.05) is 6.54 Å². The van der Waals surface area contributed by atoms with Crippen LogP contribution in [0.25, 0.3) is 0 Å². The van der Waals surface area contributed by atoms with Crippen molar-refractivity contribution < 1.29 is 4.79 Å². The fourth-order valence-corrected chi connectivity index (χ4v) is 1.46. The van der Waals surface area contributed by atoms with E-state index in [2.05, 4.69) is 29.5 Å². The number of aromatic nitrogens is 1. The van der Waals surface area contributed by atoms with Gasteiger partial charge in [0.1, 0.15) is 0 Å². The van der Waals surface area contributed by atoms with Crippen molar-refractivity contribution >= 4 is 5.91 Å². The second-order valence-corrected chi connectivity index (χ2v) is 4.44. The summed E-state index contributed by atoms with van der Waals surface area (Å²) >= 11 is 0. The summed E-state index contributed by atoms with van der Waals surface area (Å²) in [6.07, 6.45) is 4.07. The number of aryl methyl sites for hydroxylation is 1. The molecular weight excluding hydrogens is 214 g/mol. The molecule has 0 saturated heterocycles. The van der Waals surface area contributed by atoms with Crippen LogP contribution >= 0.6 is 0 Å². The first-order valence-corrected chi connectivity index (χ1v) is 5.99. The number of hydrogen-bond donors (Lipinski definition) is 2. The lowest BCUT2D eigenvalue weighted by Gasteiger charge is -2.09. The van der Waals surface area contributed by atoms with E-state index in [0.29, 0.717) is 19.0 Å². The van der Waals surface area contributed by atoms with E-state index in [1.165, 1.54) is 0 Å². The maximum absolute atomic E-state index is 11.5. The van der Waals surface area contributed by atoms with E-state index in [1.807, 2.05) is 19.2 Å². The molecule has 0 fully saturated rings. The highest BCUT2D eigenvalue weighted by Crippen LogP contribution is 2.03. The molecule has 0 aliphatic heterocycles. The number of nitrogens with one attached hydrogen (secondary N) is 2. The molecular formula is C13H21N3O. The quantitative estimate of drug-likeness (QED) is 0.783. The van der Waals surface area contributed by atoms with Gasteiger partial charge in [0.05, 0.1) is 0 Å². The van der Waals surface area contributed by atoms with Gasteiger partial charge in [0.15, 0.2) is 0 Å². The molecule has 0 spiro atoms. The lowest BCUT2D eigenvalue weighted by molar-refractivity contribution is -0.121. The van der Waals surface area contributed by atoms with Gasteiger partial charge in [0, 0.05) is 37.9 Å². The Morgan fingerprint density at radius 2 is 2.24 bits per heavy atom. The number of nitrogens with zero attached hydrogens (tertiary/aromatic N) is 1. The predicted molar refractivity (Wildman–Crippen MR) is 68.6 cm³/mol. The summed E-state index contributed by atoms with van der Waals surface area (Å²) in [6, 6.07) is 2.35. The minimum absolute atomic E-state index is 0.0781. The molecule has 1 heterocycles. The molecule has 0 aromatic carbocycles. The summed E-state index contributed by atoms with van der Waals surface area (Å²) in [7, 11) is 0. The molecule has 4 nitrogen and oxygen atoms in total. The Hall–Kier alpha value is -1.42. The van der Waals surface area contributed by atoms with Crippen LogP contribution in [0, 0.1) is 6.92 Å². The zero-order chi connectivity index (χ0) is 12.7. The Morgan fingerprint density at radius 1 is 1.47 bits per heavy atom. The third-order valence-electron chi connectivity index (χ3n) is 2.52. The Bertz CT molecular complexity index is 363. The number of hydrogen-bond acceptors (Lipinski definition) is 3. The minimum atomic E-state index is 0.0781. The van der Waals surface area contributed by atoms with Crippen LogP contribution in [0.2, 0.25) is 0 Å². The highest BCUT2D eigenvalue weighted by atomic mass is 16.1. The van der Waals surface area contributed by atoms with Crippen LogP contribution in [-0.2, 0) is 11.3 Å². The number of carbonyl (C=O) groups is 1. The summed E-state index contributed by atoms with van der Waals surface area (Å²) in [5.74, 6) is 0.0781. The lowest BCUT2D eigenvalue weighted by Crippen LogP contribution is -2.30. The van der Waals surface area contributed by atoms with E-state index in [9.17, 15) is 4.79 Å². The molecule has 0 aliphatic carbocycles. The van der Waals surface area contributed by atoms with Crippen LogP contribution in [0.3, 0.4) is 0 Å². The SMILES string of the molecule is Cc1cnccc1CNC(=O)CCNC(C)C. The molecule has 0 saturated carbocycles. The first-order chi connectivity index (χ1) is 8.09. The van der Waals surface area contributed by atoms with Crippen LogP contribution in [0.5, 0.6) is 0 Å². The molecule has 1 rings (SSSR count). The lowest BCUT2D eigenvalue weighted by atomic mass is 10.1. The molecule has 0 radical (unpaired) electrons. The topological polar surface area (TPSA) is 54.0 Å². The van der Waals surface area contributed by atoms with Crippen molar-refractivity contribution in [3.05, 3.63) is 29.6 Å². The van der Waals surface area contributed by atoms with Gasteiger partial charge in [-0.3, -0.25) is 9.78 Å². The Morgan fingerprint density at radius 3 is 2.88 bits per heavy atom. The van der Waals surface area contributed by atoms with Crippen LogP contribution < -0.4 is 10.6 Å². The highest BCUT2D eigenvalue weighted by Gasteiger charge is 2.03. The van der Waals surface area contributed by atoms with Gasteiger partial charge < -0.3 is 10.6 Å². The molecule has 2 N–H and O–H groups in total. The van der Waals surface area contributed by atoms with Gasteiger partial charge in [-0.2, -0.15) is 0 Å². The number of amides is 1. The van der Waals surface area contributed by atoms with Gasteiger partial charge in [-0.25, -0.2) is 0 Å². The van der Waals surface area contributed by atoms with Crippen molar-refractivity contribution in [2.24, 2.45) is 0 Å². The molecule has 0 aliphatic rings. The largest absolute Gasteiger partial charge is 0.352 e. The fraction of sp³-hybridized carbons (Fsp3) is 0.538. The third-order valence-corrected chi connectivity index (χ3v) is 2.52. The Labute approximate surface area is 103 Å². The number of carbonyl (C=O) groups excluding carboxylic acids is 1. The van der Waals surface area contributed by atoms with Gasteiger partial charge in [-0.05, 0) is 24.1 Å². The van der Waals surface area contributed by atoms with E-state index in [-0.39, 0.29) is 5.91 Å². The smallest absolute Gasteiger partial charge is 0.221 e. The van der Waals surface area contributed by atoms with Gasteiger partial charge in [-0.15, -0.1) is 0 Å². The first-order valence-electron chi connectivity index (χ1n) is 5.99. The van der Waals surface area contributed by atoms with E-state index in [1.54, 1.807) is 6.20 Å². The molecule has 4 heteroatoms. The van der Waals surface area contributed by atoms with Gasteiger partial charge in [-0.1, -0.05) is 13.8 Å². The molecule has 94 valence electrons. The Kier molecular flexibility index (Phi) is 5.63. The maximum Gasteiger partial charge on any atom is 0.221 e. The zero-order valence-corrected chi connectivity index (χ0v) is 10.8. The van der Waals surface area contributed by atoms with Crippen molar-refractivity contribution in [1.29, 1.82) is 0 Å². The van der Waals surface area contributed by atoms with Gasteiger partial charge >= 0.3 is 0 Å². The second-order valence-electron chi connectivity index (χ2n) is 4.44. The molecule has 0 atom stereocenters. The van der Waals surface area contributed by atoms with Crippen LogP contribution in [0.15, 0.2) is 18.5 Å². The molecule has 17 heavy (non-hydrogen) atoms. The van der Waals surface area contributed by atoms with E-state index < -0.39 is 0 Å². The molecule has 0 unspecified atom stereocenters. The molecule has 1 amide bonds. The van der Waals surface area contributed by atoms with Crippen molar-refractivity contribution in [3.63, 3.8) is 0 Å². The minimum Gasteiger partial charge on any atom is -0.352 e. The van der Waals surface area contributed by atoms with Gasteiger partial charge in [0.2, 0.25) is 5.91 Å². The monoisotopic (exact) mass is 235 g/mol. The summed E-state index contributed by atoms with van der Waals surface area (Å²) in [5, 5.41) is 6.12. The van der Waals surface area contributed by atoms with Crippen LogP contribution in [-0.4, -0.2) is 23.5 Å². The third kappa shape index (κ3) is 5.45. The van der Waals surface area contributed by atoms with Crippen molar-refractivity contribution in [2.45, 2.75) is 39.8 Å². The summed E-state index contributed by atoms with van der Waals surface area (Å²) in [5.41, 5.74) is 2.22. The number of pyridine rings is 1. The standard InChI is InChI=1S/C13H21N3O/c1-10(2)15-7-5-13(17)16-9-12-4-6-14-8-11(12)3/h4,6,8,10,15H,5,7,9H2,1-3H3,(H,16,17). The predicted octanol–water partition coefficient (Wildman–Crippen LogP) is 1.39. The van der Waals surface area contributed by atoms with Crippen LogP contribution in [0.4, 0.5) is 0 Å². The van der Waals surface area contributed by atoms with Crippen molar-refractivity contribution in [3.8, 4) is 0 Å². The number of rotatable bonds is 6. The fourth-order valence-electron chi connectivity index (χ4n) is 1.46. The summed E-state index contributed by atoms with van der Waals surface area (Å²) in [6.45, 7) is 7.43. The van der Waals surface area contributed by atoms with E-state index in [0.717, 1.165) is 17.7 Å². The zero-order valence-electron chi connectivity index (χ0n) is 10.8. The average Bonchev–Trinajstić information content (AvgIpc) is 2.27. The van der Waals surface area contributed by atoms with Crippen LogP contribution in [0.1, 0.15) is 31.4 Å². The molecule has 0 bridgehead atoms. The Balaban J connectivity index is 2.26. The summed E-state index contributed by atoms with van der Waals surface area (Å²) in [4.78, 5) is 15.6. The highest BCUT2D eigenvalue weighted by molar-refractivity contribution is 5.76. The molecule has 1 aromatic rings. The maximum atomic E-state index is 11.5. The normalized spacial score (nSPS) is 10.6. The average molecular weight is 235 g/mol. The van der Waals surface area contributed by atoms with Crippen molar-refractivity contribution in [1.82, 2.24) is 15.6 Å². The first kappa shape index (κ1) is 13.6.